The van der Waals surface area contributed by atoms with E-state index in [2.05, 4.69) is 10.3 Å². The molecule has 1 aliphatic rings. The van der Waals surface area contributed by atoms with Crippen LogP contribution in [0.1, 0.15) is 39.9 Å². The highest BCUT2D eigenvalue weighted by Crippen LogP contribution is 2.36. The van der Waals surface area contributed by atoms with Gasteiger partial charge < -0.3 is 15.0 Å². The van der Waals surface area contributed by atoms with E-state index in [1.54, 1.807) is 6.07 Å². The molecule has 1 amide bonds. The van der Waals surface area contributed by atoms with E-state index in [-0.39, 0.29) is 11.6 Å². The number of rotatable bonds is 4. The van der Waals surface area contributed by atoms with Crippen LogP contribution in [0.25, 0.3) is 0 Å². The van der Waals surface area contributed by atoms with Gasteiger partial charge in [0.15, 0.2) is 0 Å². The van der Waals surface area contributed by atoms with Crippen molar-refractivity contribution in [3.8, 4) is 0 Å². The fourth-order valence-corrected chi connectivity index (χ4v) is 2.05. The Morgan fingerprint density at radius 1 is 1.30 bits per heavy atom. The lowest BCUT2D eigenvalue weighted by molar-refractivity contribution is 0.0690. The lowest BCUT2D eigenvalue weighted by atomic mass is 10.3. The second kappa shape index (κ2) is 4.80. The summed E-state index contributed by atoms with van der Waals surface area (Å²) in [6.07, 6.45) is 5.44. The first-order valence-electron chi connectivity index (χ1n) is 6.32. The van der Waals surface area contributed by atoms with Crippen molar-refractivity contribution in [3.63, 3.8) is 0 Å². The van der Waals surface area contributed by atoms with Gasteiger partial charge >= 0.3 is 5.97 Å². The fraction of sp³-hybridized carbons (Fsp3) is 0.214. The van der Waals surface area contributed by atoms with Gasteiger partial charge in [0.1, 0.15) is 11.4 Å². The Kier molecular flexibility index (Phi) is 2.98. The predicted molar refractivity (Wildman–Crippen MR) is 71.9 cm³/mol. The first kappa shape index (κ1) is 12.4. The number of anilines is 1. The van der Waals surface area contributed by atoms with Crippen LogP contribution in [-0.4, -0.2) is 26.5 Å². The topological polar surface area (TPSA) is 84.2 Å². The maximum atomic E-state index is 12.2. The number of hydrogen-bond acceptors (Lipinski definition) is 3. The number of nitrogens with zero attached hydrogens (tertiary/aromatic N) is 2. The highest BCUT2D eigenvalue weighted by molar-refractivity contribution is 6.03. The maximum Gasteiger partial charge on any atom is 0.354 e. The molecular weight excluding hydrogens is 258 g/mol. The first-order chi connectivity index (χ1) is 9.65. The molecule has 2 heterocycles. The monoisotopic (exact) mass is 271 g/mol. The van der Waals surface area contributed by atoms with E-state index in [1.165, 1.54) is 18.3 Å². The standard InChI is InChI=1S/C14H13N3O3/c18-13(12-2-1-7-17(12)10-4-5-10)16-9-3-6-11(14(19)20)15-8-9/h1-3,6-8,10H,4-5H2,(H,16,18)(H,19,20). The minimum atomic E-state index is -1.09. The molecule has 1 saturated carbocycles. The summed E-state index contributed by atoms with van der Waals surface area (Å²) < 4.78 is 1.97. The zero-order valence-corrected chi connectivity index (χ0v) is 10.6. The number of carbonyl (C=O) groups excluding carboxylic acids is 1. The van der Waals surface area contributed by atoms with E-state index in [9.17, 15) is 9.59 Å². The molecule has 1 fully saturated rings. The normalized spacial score (nSPS) is 14.0. The molecule has 0 atom stereocenters. The summed E-state index contributed by atoms with van der Waals surface area (Å²) in [5, 5.41) is 11.5. The van der Waals surface area contributed by atoms with Gasteiger partial charge in [0.25, 0.3) is 5.91 Å². The van der Waals surface area contributed by atoms with Crippen LogP contribution in [0.5, 0.6) is 0 Å². The molecule has 20 heavy (non-hydrogen) atoms. The number of pyridine rings is 1. The largest absolute Gasteiger partial charge is 0.477 e. The minimum absolute atomic E-state index is 0.0515. The third kappa shape index (κ3) is 2.40. The highest BCUT2D eigenvalue weighted by Gasteiger charge is 2.26. The summed E-state index contributed by atoms with van der Waals surface area (Å²) in [5.74, 6) is -1.31. The van der Waals surface area contributed by atoms with E-state index >= 15 is 0 Å². The summed E-state index contributed by atoms with van der Waals surface area (Å²) >= 11 is 0. The quantitative estimate of drug-likeness (QED) is 0.892. The van der Waals surface area contributed by atoms with Gasteiger partial charge in [-0.3, -0.25) is 4.79 Å². The summed E-state index contributed by atoms with van der Waals surface area (Å²) in [7, 11) is 0. The van der Waals surface area contributed by atoms with Crippen molar-refractivity contribution in [3.05, 3.63) is 48.0 Å². The van der Waals surface area contributed by atoms with Crippen molar-refractivity contribution in [1.29, 1.82) is 0 Å². The van der Waals surface area contributed by atoms with Crippen LogP contribution in [-0.2, 0) is 0 Å². The average Bonchev–Trinajstić information content (AvgIpc) is 3.16. The fourth-order valence-electron chi connectivity index (χ4n) is 2.05. The molecule has 2 aromatic rings. The first-order valence-corrected chi connectivity index (χ1v) is 6.32. The predicted octanol–water partition coefficient (Wildman–Crippen LogP) is 2.17. The molecule has 6 heteroatoms. The van der Waals surface area contributed by atoms with Gasteiger partial charge in [-0.05, 0) is 37.1 Å². The minimum Gasteiger partial charge on any atom is -0.477 e. The summed E-state index contributed by atoms with van der Waals surface area (Å²) in [5.41, 5.74) is 1.03. The number of aromatic nitrogens is 2. The van der Waals surface area contributed by atoms with Crippen molar-refractivity contribution >= 4 is 17.6 Å². The van der Waals surface area contributed by atoms with Gasteiger partial charge in [0.2, 0.25) is 0 Å². The molecule has 0 aromatic carbocycles. The Balaban J connectivity index is 1.75. The Hall–Kier alpha value is -2.63. The van der Waals surface area contributed by atoms with Crippen LogP contribution < -0.4 is 5.32 Å². The van der Waals surface area contributed by atoms with Gasteiger partial charge in [-0.25, -0.2) is 9.78 Å². The molecule has 2 aromatic heterocycles. The van der Waals surface area contributed by atoms with E-state index in [0.29, 0.717) is 17.4 Å². The molecule has 0 bridgehead atoms. The Morgan fingerprint density at radius 3 is 2.70 bits per heavy atom. The van der Waals surface area contributed by atoms with Crippen LogP contribution in [0.4, 0.5) is 5.69 Å². The maximum absolute atomic E-state index is 12.2. The molecule has 0 saturated heterocycles. The average molecular weight is 271 g/mol. The number of aromatic carboxylic acids is 1. The molecule has 2 N–H and O–H groups in total. The van der Waals surface area contributed by atoms with Crippen LogP contribution >= 0.6 is 0 Å². The van der Waals surface area contributed by atoms with Gasteiger partial charge in [-0.15, -0.1) is 0 Å². The molecule has 1 aliphatic carbocycles. The van der Waals surface area contributed by atoms with E-state index in [4.69, 9.17) is 5.11 Å². The lowest BCUT2D eigenvalue weighted by Gasteiger charge is -2.08. The molecule has 0 radical (unpaired) electrons. The molecule has 102 valence electrons. The molecule has 3 rings (SSSR count). The van der Waals surface area contributed by atoms with Crippen molar-refractivity contribution in [2.45, 2.75) is 18.9 Å². The van der Waals surface area contributed by atoms with Gasteiger partial charge in [-0.2, -0.15) is 0 Å². The Morgan fingerprint density at radius 2 is 2.10 bits per heavy atom. The SMILES string of the molecule is O=C(O)c1ccc(NC(=O)c2cccn2C2CC2)cn1. The molecule has 0 aliphatic heterocycles. The molecule has 0 spiro atoms. The van der Waals surface area contributed by atoms with E-state index in [1.807, 2.05) is 16.8 Å². The summed E-state index contributed by atoms with van der Waals surface area (Å²) in [4.78, 5) is 26.6. The van der Waals surface area contributed by atoms with Gasteiger partial charge in [-0.1, -0.05) is 0 Å². The third-order valence-electron chi connectivity index (χ3n) is 3.19. The number of amides is 1. The molecular formula is C14H13N3O3. The number of carboxylic acids is 1. The highest BCUT2D eigenvalue weighted by atomic mass is 16.4. The number of carboxylic acid groups (broad SMARTS) is 1. The molecule has 0 unspecified atom stereocenters. The second-order valence-electron chi connectivity index (χ2n) is 4.72. The van der Waals surface area contributed by atoms with E-state index in [0.717, 1.165) is 12.8 Å². The van der Waals surface area contributed by atoms with Crippen LogP contribution in [0.3, 0.4) is 0 Å². The smallest absolute Gasteiger partial charge is 0.354 e. The van der Waals surface area contributed by atoms with Crippen LogP contribution in [0.15, 0.2) is 36.7 Å². The summed E-state index contributed by atoms with van der Waals surface area (Å²) in [6.45, 7) is 0. The zero-order chi connectivity index (χ0) is 14.1. The van der Waals surface area contributed by atoms with Crippen LogP contribution in [0, 0.1) is 0 Å². The third-order valence-corrected chi connectivity index (χ3v) is 3.19. The van der Waals surface area contributed by atoms with Crippen molar-refractivity contribution in [1.82, 2.24) is 9.55 Å². The molecule has 6 nitrogen and oxygen atoms in total. The van der Waals surface area contributed by atoms with Gasteiger partial charge in [0.05, 0.1) is 11.9 Å². The van der Waals surface area contributed by atoms with Gasteiger partial charge in [0, 0.05) is 12.2 Å². The number of nitrogens with one attached hydrogen (secondary N) is 1. The van der Waals surface area contributed by atoms with Crippen molar-refractivity contribution < 1.29 is 14.7 Å². The summed E-state index contributed by atoms with van der Waals surface area (Å²) in [6, 6.07) is 6.93. The number of carbonyl (C=O) groups is 2. The van der Waals surface area contributed by atoms with Crippen LogP contribution in [0.2, 0.25) is 0 Å². The van der Waals surface area contributed by atoms with E-state index < -0.39 is 5.97 Å². The lowest BCUT2D eigenvalue weighted by Crippen LogP contribution is -2.16. The van der Waals surface area contributed by atoms with Crippen molar-refractivity contribution in [2.24, 2.45) is 0 Å². The zero-order valence-electron chi connectivity index (χ0n) is 10.6. The Labute approximate surface area is 115 Å². The Bertz CT molecular complexity index is 657. The number of hydrogen-bond donors (Lipinski definition) is 2. The van der Waals surface area contributed by atoms with Crippen molar-refractivity contribution in [2.75, 3.05) is 5.32 Å². The second-order valence-corrected chi connectivity index (χ2v) is 4.72.